The topological polar surface area (TPSA) is 92.5 Å². The van der Waals surface area contributed by atoms with E-state index in [9.17, 15) is 14.9 Å². The average Bonchev–Trinajstić information content (AvgIpc) is 2.33. The summed E-state index contributed by atoms with van der Waals surface area (Å²) in [6.45, 7) is 0.446. The number of rotatable bonds is 6. The lowest BCUT2D eigenvalue weighted by molar-refractivity contribution is -0.384. The molecule has 0 amide bonds. The fraction of sp³-hybridized carbons (Fsp3) is 0.462. The summed E-state index contributed by atoms with van der Waals surface area (Å²) in [5, 5.41) is 23.0. The smallest absolute Gasteiger partial charge is 0.303 e. The van der Waals surface area contributed by atoms with Gasteiger partial charge in [0.05, 0.1) is 11.3 Å². The number of hydrogen-bond donors (Lipinski definition) is 2. The Morgan fingerprint density at radius 2 is 2.20 bits per heavy atom. The van der Waals surface area contributed by atoms with Crippen molar-refractivity contribution in [1.82, 2.24) is 0 Å². The standard InChI is InChI=1S/C13H15BrN2O4/c14-9-2-3-10(11(6-9)16(19)20)15-8-13(4-1-5-13)7-12(17)18/h2-3,6,15H,1,4-5,7-8H2,(H,17,18). The molecule has 0 saturated heterocycles. The van der Waals surface area contributed by atoms with E-state index in [-0.39, 0.29) is 17.5 Å². The zero-order chi connectivity index (χ0) is 14.8. The number of carboxylic acids is 1. The van der Waals surface area contributed by atoms with E-state index in [1.807, 2.05) is 0 Å². The van der Waals surface area contributed by atoms with Gasteiger partial charge in [-0.3, -0.25) is 14.9 Å². The van der Waals surface area contributed by atoms with Crippen molar-refractivity contribution in [3.8, 4) is 0 Å². The number of carboxylic acid groups (broad SMARTS) is 1. The largest absolute Gasteiger partial charge is 0.481 e. The summed E-state index contributed by atoms with van der Waals surface area (Å²) < 4.78 is 0.638. The molecule has 1 aromatic carbocycles. The van der Waals surface area contributed by atoms with Gasteiger partial charge in [-0.15, -0.1) is 0 Å². The van der Waals surface area contributed by atoms with Crippen molar-refractivity contribution in [2.45, 2.75) is 25.7 Å². The Balaban J connectivity index is 2.10. The molecule has 0 atom stereocenters. The van der Waals surface area contributed by atoms with Crippen LogP contribution in [0.3, 0.4) is 0 Å². The molecule has 0 radical (unpaired) electrons. The first-order valence-electron chi connectivity index (χ1n) is 6.31. The second-order valence-electron chi connectivity index (χ2n) is 5.20. The van der Waals surface area contributed by atoms with Crippen LogP contribution in [-0.2, 0) is 4.79 Å². The van der Waals surface area contributed by atoms with E-state index in [1.165, 1.54) is 6.07 Å². The van der Waals surface area contributed by atoms with Crippen LogP contribution < -0.4 is 5.32 Å². The monoisotopic (exact) mass is 342 g/mol. The fourth-order valence-electron chi connectivity index (χ4n) is 2.50. The van der Waals surface area contributed by atoms with Crippen molar-refractivity contribution >= 4 is 33.3 Å². The Kier molecular flexibility index (Phi) is 4.27. The van der Waals surface area contributed by atoms with Gasteiger partial charge in [-0.05, 0) is 30.4 Å². The first-order valence-corrected chi connectivity index (χ1v) is 7.11. The molecule has 2 N–H and O–H groups in total. The summed E-state index contributed by atoms with van der Waals surface area (Å²) in [5.41, 5.74) is 0.145. The van der Waals surface area contributed by atoms with Crippen molar-refractivity contribution in [2.75, 3.05) is 11.9 Å². The quantitative estimate of drug-likeness (QED) is 0.610. The Hall–Kier alpha value is -1.63. The van der Waals surface area contributed by atoms with Gasteiger partial charge in [0.15, 0.2) is 0 Å². The molecule has 1 fully saturated rings. The molecule has 1 saturated carbocycles. The molecule has 0 heterocycles. The van der Waals surface area contributed by atoms with Gasteiger partial charge in [0, 0.05) is 17.1 Å². The molecular formula is C13H15BrN2O4. The average molecular weight is 343 g/mol. The van der Waals surface area contributed by atoms with Gasteiger partial charge in [0.2, 0.25) is 0 Å². The molecule has 0 unspecified atom stereocenters. The third-order valence-electron chi connectivity index (χ3n) is 3.75. The molecule has 1 aliphatic rings. The van der Waals surface area contributed by atoms with Crippen LogP contribution in [0.5, 0.6) is 0 Å². The Morgan fingerprint density at radius 1 is 1.50 bits per heavy atom. The maximum absolute atomic E-state index is 11.0. The van der Waals surface area contributed by atoms with Crippen LogP contribution in [0, 0.1) is 15.5 Å². The summed E-state index contributed by atoms with van der Waals surface area (Å²) in [7, 11) is 0. The van der Waals surface area contributed by atoms with E-state index in [0.717, 1.165) is 19.3 Å². The minimum absolute atomic E-state index is 0.0100. The van der Waals surface area contributed by atoms with Crippen LogP contribution in [0.25, 0.3) is 0 Å². The highest BCUT2D eigenvalue weighted by Gasteiger charge is 2.39. The van der Waals surface area contributed by atoms with Crippen molar-refractivity contribution in [3.05, 3.63) is 32.8 Å². The van der Waals surface area contributed by atoms with Crippen LogP contribution >= 0.6 is 15.9 Å². The number of nitrogens with zero attached hydrogens (tertiary/aromatic N) is 1. The zero-order valence-electron chi connectivity index (χ0n) is 10.8. The van der Waals surface area contributed by atoms with E-state index in [0.29, 0.717) is 16.7 Å². The van der Waals surface area contributed by atoms with Gasteiger partial charge < -0.3 is 10.4 Å². The first kappa shape index (κ1) is 14.8. The number of benzene rings is 1. The number of hydrogen-bond acceptors (Lipinski definition) is 4. The van der Waals surface area contributed by atoms with Crippen LogP contribution in [0.1, 0.15) is 25.7 Å². The molecule has 2 rings (SSSR count). The number of nitrogens with one attached hydrogen (secondary N) is 1. The number of carbonyl (C=O) groups is 1. The molecular weight excluding hydrogens is 328 g/mol. The number of anilines is 1. The molecule has 6 nitrogen and oxygen atoms in total. The normalized spacial score (nSPS) is 16.2. The number of aliphatic carboxylic acids is 1. The highest BCUT2D eigenvalue weighted by molar-refractivity contribution is 9.10. The van der Waals surface area contributed by atoms with E-state index in [1.54, 1.807) is 12.1 Å². The molecule has 108 valence electrons. The van der Waals surface area contributed by atoms with Crippen molar-refractivity contribution in [2.24, 2.45) is 5.41 Å². The molecule has 1 aliphatic carbocycles. The third kappa shape index (κ3) is 3.27. The summed E-state index contributed by atoms with van der Waals surface area (Å²) in [5.74, 6) is -0.822. The molecule has 7 heteroatoms. The maximum Gasteiger partial charge on any atom is 0.303 e. The zero-order valence-corrected chi connectivity index (χ0v) is 12.4. The SMILES string of the molecule is O=C(O)CC1(CNc2ccc(Br)cc2[N+](=O)[O-])CCC1. The number of nitro groups is 1. The maximum atomic E-state index is 11.0. The van der Waals surface area contributed by atoms with Crippen molar-refractivity contribution < 1.29 is 14.8 Å². The molecule has 20 heavy (non-hydrogen) atoms. The van der Waals surface area contributed by atoms with Gasteiger partial charge in [0.1, 0.15) is 5.69 Å². The molecule has 0 aromatic heterocycles. The minimum Gasteiger partial charge on any atom is -0.481 e. The van der Waals surface area contributed by atoms with Crippen molar-refractivity contribution in [3.63, 3.8) is 0 Å². The second kappa shape index (κ2) is 5.78. The highest BCUT2D eigenvalue weighted by atomic mass is 79.9. The van der Waals surface area contributed by atoms with Gasteiger partial charge >= 0.3 is 5.97 Å². The summed E-state index contributed by atoms with van der Waals surface area (Å²) in [6.07, 6.45) is 2.80. The van der Waals surface area contributed by atoms with Gasteiger partial charge in [-0.25, -0.2) is 0 Å². The van der Waals surface area contributed by atoms with Crippen molar-refractivity contribution in [1.29, 1.82) is 0 Å². The molecule has 0 spiro atoms. The lowest BCUT2D eigenvalue weighted by atomic mass is 9.66. The first-order chi connectivity index (χ1) is 9.42. The van der Waals surface area contributed by atoms with Crippen LogP contribution in [0.15, 0.2) is 22.7 Å². The predicted molar refractivity (Wildman–Crippen MR) is 77.8 cm³/mol. The van der Waals surface area contributed by atoms with Gasteiger partial charge in [-0.2, -0.15) is 0 Å². The third-order valence-corrected chi connectivity index (χ3v) is 4.24. The van der Waals surface area contributed by atoms with E-state index < -0.39 is 10.9 Å². The lowest BCUT2D eigenvalue weighted by Gasteiger charge is -2.41. The predicted octanol–water partition coefficient (Wildman–Crippen LogP) is 3.41. The second-order valence-corrected chi connectivity index (χ2v) is 6.11. The Bertz CT molecular complexity index is 543. The molecule has 0 aliphatic heterocycles. The van der Waals surface area contributed by atoms with Gasteiger partial charge in [0.25, 0.3) is 5.69 Å². The fourth-order valence-corrected chi connectivity index (χ4v) is 2.85. The molecule has 1 aromatic rings. The summed E-state index contributed by atoms with van der Waals surface area (Å²) in [4.78, 5) is 21.5. The Labute approximate surface area is 124 Å². The lowest BCUT2D eigenvalue weighted by Crippen LogP contribution is -2.38. The minimum atomic E-state index is -0.822. The summed E-state index contributed by atoms with van der Waals surface area (Å²) >= 11 is 3.20. The number of halogens is 1. The highest BCUT2D eigenvalue weighted by Crippen LogP contribution is 2.44. The van der Waals surface area contributed by atoms with E-state index in [2.05, 4.69) is 21.2 Å². The van der Waals surface area contributed by atoms with E-state index in [4.69, 9.17) is 5.11 Å². The molecule has 0 bridgehead atoms. The van der Waals surface area contributed by atoms with Crippen LogP contribution in [-0.4, -0.2) is 22.5 Å². The summed E-state index contributed by atoms with van der Waals surface area (Å²) in [6, 6.07) is 4.79. The Morgan fingerprint density at radius 3 is 2.70 bits per heavy atom. The number of nitro benzene ring substituents is 1. The van der Waals surface area contributed by atoms with Crippen LogP contribution in [0.4, 0.5) is 11.4 Å². The van der Waals surface area contributed by atoms with Gasteiger partial charge in [-0.1, -0.05) is 22.4 Å². The van der Waals surface area contributed by atoms with Crippen LogP contribution in [0.2, 0.25) is 0 Å². The van der Waals surface area contributed by atoms with E-state index >= 15 is 0 Å².